The highest BCUT2D eigenvalue weighted by Crippen LogP contribution is 2.03. The third kappa shape index (κ3) is 2.14. The Morgan fingerprint density at radius 2 is 2.44 bits per heavy atom. The molecule has 0 aromatic heterocycles. The average molecular weight is 129 g/mol. The minimum absolute atomic E-state index is 0.552. The molecule has 0 aliphatic carbocycles. The molecule has 0 saturated carbocycles. The van der Waals surface area contributed by atoms with E-state index in [1.54, 1.807) is 6.08 Å². The minimum atomic E-state index is -0.752. The summed E-state index contributed by atoms with van der Waals surface area (Å²) in [5, 5.41) is 0. The van der Waals surface area contributed by atoms with Crippen LogP contribution in [0.5, 0.6) is 0 Å². The molecule has 0 saturated heterocycles. The van der Waals surface area contributed by atoms with Crippen LogP contribution in [0.25, 0.3) is 0 Å². The summed E-state index contributed by atoms with van der Waals surface area (Å²) in [5.41, 5.74) is 0. The molecule has 9 heavy (non-hydrogen) atoms. The van der Waals surface area contributed by atoms with E-state index in [2.05, 4.69) is 0 Å². The van der Waals surface area contributed by atoms with Crippen LogP contribution >= 0.6 is 0 Å². The van der Waals surface area contributed by atoms with Crippen molar-refractivity contribution in [1.82, 2.24) is 4.90 Å². The van der Waals surface area contributed by atoms with Crippen molar-refractivity contribution in [2.24, 2.45) is 0 Å². The lowest BCUT2D eigenvalue weighted by atomic mass is 10.3. The van der Waals surface area contributed by atoms with E-state index in [-0.39, 0.29) is 0 Å². The topological polar surface area (TPSA) is 3.24 Å². The number of alkyl halides is 1. The monoisotopic (exact) mass is 129 g/mol. The fourth-order valence-electron chi connectivity index (χ4n) is 0.989. The number of nitrogens with zero attached hydrogens (tertiary/aromatic N) is 1. The number of hydrogen-bond donors (Lipinski definition) is 0. The van der Waals surface area contributed by atoms with Crippen LogP contribution in [-0.2, 0) is 0 Å². The molecule has 1 rings (SSSR count). The van der Waals surface area contributed by atoms with Gasteiger partial charge in [-0.2, -0.15) is 0 Å². The van der Waals surface area contributed by atoms with Gasteiger partial charge in [0.2, 0.25) is 0 Å². The molecule has 1 nitrogen and oxygen atoms in total. The van der Waals surface area contributed by atoms with E-state index in [1.807, 2.05) is 18.0 Å². The van der Waals surface area contributed by atoms with Crippen LogP contribution < -0.4 is 0 Å². The molecule has 1 aliphatic heterocycles. The Kier molecular flexibility index (Phi) is 2.22. The van der Waals surface area contributed by atoms with Crippen LogP contribution in [0.15, 0.2) is 12.2 Å². The molecule has 1 aliphatic rings. The largest absolute Gasteiger partial charge is 0.303 e. The number of rotatable bonds is 0. The fourth-order valence-corrected chi connectivity index (χ4v) is 0.989. The lowest BCUT2D eigenvalue weighted by molar-refractivity contribution is 0.264. The second-order valence-electron chi connectivity index (χ2n) is 2.50. The summed E-state index contributed by atoms with van der Waals surface area (Å²) in [6, 6.07) is 0. The summed E-state index contributed by atoms with van der Waals surface area (Å²) in [6.07, 6.45) is 3.78. The van der Waals surface area contributed by atoms with Crippen molar-refractivity contribution in [2.45, 2.75) is 12.6 Å². The van der Waals surface area contributed by atoms with E-state index in [9.17, 15) is 4.39 Å². The van der Waals surface area contributed by atoms with Crippen molar-refractivity contribution in [3.05, 3.63) is 12.2 Å². The van der Waals surface area contributed by atoms with Crippen molar-refractivity contribution in [1.29, 1.82) is 0 Å². The van der Waals surface area contributed by atoms with E-state index >= 15 is 0 Å². The molecule has 52 valence electrons. The predicted octanol–water partition coefficient (Wildman–Crippen LogP) is 1.22. The van der Waals surface area contributed by atoms with Gasteiger partial charge in [-0.25, -0.2) is 4.39 Å². The second kappa shape index (κ2) is 2.97. The number of halogens is 1. The maximum Gasteiger partial charge on any atom is 0.131 e. The molecule has 0 aromatic rings. The van der Waals surface area contributed by atoms with E-state index in [0.29, 0.717) is 6.54 Å². The highest BCUT2D eigenvalue weighted by Gasteiger charge is 2.07. The van der Waals surface area contributed by atoms with Gasteiger partial charge >= 0.3 is 0 Å². The van der Waals surface area contributed by atoms with Crippen molar-refractivity contribution in [2.75, 3.05) is 20.1 Å². The normalized spacial score (nSPS) is 30.2. The van der Waals surface area contributed by atoms with Gasteiger partial charge in [-0.05, 0) is 13.5 Å². The summed E-state index contributed by atoms with van der Waals surface area (Å²) >= 11 is 0. The smallest absolute Gasteiger partial charge is 0.131 e. The third-order valence-corrected chi connectivity index (χ3v) is 1.51. The zero-order valence-electron chi connectivity index (χ0n) is 5.68. The second-order valence-corrected chi connectivity index (χ2v) is 2.50. The molecular formula is C7H12FN. The Bertz CT molecular complexity index is 111. The molecule has 0 bridgehead atoms. The van der Waals surface area contributed by atoms with Crippen LogP contribution in [-0.4, -0.2) is 31.2 Å². The molecule has 0 N–H and O–H groups in total. The first-order valence-corrected chi connectivity index (χ1v) is 3.28. The highest BCUT2D eigenvalue weighted by molar-refractivity contribution is 4.93. The lowest BCUT2D eigenvalue weighted by Gasteiger charge is -2.13. The Labute approximate surface area is 55.2 Å². The zero-order chi connectivity index (χ0) is 6.69. The SMILES string of the molecule is CN1CCC=CC(F)C1. The zero-order valence-corrected chi connectivity index (χ0v) is 5.68. The number of hydrogen-bond acceptors (Lipinski definition) is 1. The van der Waals surface area contributed by atoms with Crippen LogP contribution in [0.3, 0.4) is 0 Å². The molecule has 0 fully saturated rings. The van der Waals surface area contributed by atoms with Crippen molar-refractivity contribution in [3.8, 4) is 0 Å². The van der Waals surface area contributed by atoms with E-state index < -0.39 is 6.17 Å². The van der Waals surface area contributed by atoms with Gasteiger partial charge < -0.3 is 4.90 Å². The van der Waals surface area contributed by atoms with Gasteiger partial charge in [0.1, 0.15) is 6.17 Å². The molecular weight excluding hydrogens is 117 g/mol. The first-order valence-electron chi connectivity index (χ1n) is 3.28. The Balaban J connectivity index is 2.40. The summed E-state index contributed by atoms with van der Waals surface area (Å²) in [6.45, 7) is 1.54. The van der Waals surface area contributed by atoms with E-state index in [0.717, 1.165) is 13.0 Å². The average Bonchev–Trinajstić information content (AvgIpc) is 1.93. The Morgan fingerprint density at radius 1 is 1.67 bits per heavy atom. The molecule has 1 unspecified atom stereocenters. The molecule has 0 spiro atoms. The van der Waals surface area contributed by atoms with Gasteiger partial charge in [0, 0.05) is 13.1 Å². The van der Waals surface area contributed by atoms with Crippen molar-refractivity contribution < 1.29 is 4.39 Å². The Hall–Kier alpha value is -0.370. The predicted molar refractivity (Wildman–Crippen MR) is 36.1 cm³/mol. The molecule has 1 heterocycles. The van der Waals surface area contributed by atoms with Crippen LogP contribution in [0.4, 0.5) is 4.39 Å². The minimum Gasteiger partial charge on any atom is -0.303 e. The van der Waals surface area contributed by atoms with E-state index in [1.165, 1.54) is 0 Å². The van der Waals surface area contributed by atoms with Gasteiger partial charge in [0.25, 0.3) is 0 Å². The van der Waals surface area contributed by atoms with Gasteiger partial charge in [-0.15, -0.1) is 0 Å². The molecule has 1 atom stereocenters. The fraction of sp³-hybridized carbons (Fsp3) is 0.714. The summed E-state index contributed by atoms with van der Waals surface area (Å²) in [4.78, 5) is 2.00. The quantitative estimate of drug-likeness (QED) is 0.444. The first-order chi connectivity index (χ1) is 4.29. The van der Waals surface area contributed by atoms with Gasteiger partial charge in [0.05, 0.1) is 0 Å². The Morgan fingerprint density at radius 3 is 3.22 bits per heavy atom. The van der Waals surface area contributed by atoms with Crippen LogP contribution in [0, 0.1) is 0 Å². The highest BCUT2D eigenvalue weighted by atomic mass is 19.1. The maximum atomic E-state index is 12.6. The van der Waals surface area contributed by atoms with Gasteiger partial charge in [-0.3, -0.25) is 0 Å². The van der Waals surface area contributed by atoms with Crippen LogP contribution in [0.1, 0.15) is 6.42 Å². The molecule has 0 aromatic carbocycles. The summed E-state index contributed by atoms with van der Waals surface area (Å²) < 4.78 is 12.6. The standard InChI is InChI=1S/C7H12FN/c1-9-5-3-2-4-7(8)6-9/h2,4,7H,3,5-6H2,1H3. The molecule has 0 amide bonds. The van der Waals surface area contributed by atoms with Gasteiger partial charge in [-0.1, -0.05) is 12.2 Å². The van der Waals surface area contributed by atoms with E-state index in [4.69, 9.17) is 0 Å². The summed E-state index contributed by atoms with van der Waals surface area (Å²) in [5.74, 6) is 0. The molecule has 0 radical (unpaired) electrons. The lowest BCUT2D eigenvalue weighted by Crippen LogP contribution is -2.24. The summed E-state index contributed by atoms with van der Waals surface area (Å²) in [7, 11) is 1.94. The van der Waals surface area contributed by atoms with Crippen molar-refractivity contribution in [3.63, 3.8) is 0 Å². The first kappa shape index (κ1) is 6.75. The van der Waals surface area contributed by atoms with Gasteiger partial charge in [0.15, 0.2) is 0 Å². The third-order valence-electron chi connectivity index (χ3n) is 1.51. The maximum absolute atomic E-state index is 12.6. The van der Waals surface area contributed by atoms with Crippen molar-refractivity contribution >= 4 is 0 Å². The van der Waals surface area contributed by atoms with Crippen LogP contribution in [0.2, 0.25) is 0 Å². The molecule has 2 heteroatoms.